The van der Waals surface area contributed by atoms with Crippen LogP contribution in [0.1, 0.15) is 65.2 Å². The van der Waals surface area contributed by atoms with E-state index in [4.69, 9.17) is 20.1 Å². The van der Waals surface area contributed by atoms with Gasteiger partial charge in [-0.05, 0) is 19.8 Å². The van der Waals surface area contributed by atoms with E-state index in [-0.39, 0.29) is 25.9 Å². The molecule has 0 aliphatic carbocycles. The van der Waals surface area contributed by atoms with Gasteiger partial charge in [0.25, 0.3) is 0 Å². The highest BCUT2D eigenvalue weighted by atomic mass is 16.5. The molecule has 8 heteroatoms. The summed E-state index contributed by atoms with van der Waals surface area (Å²) in [6.07, 6.45) is 8.29. The maximum atomic E-state index is 11.5. The third-order valence-electron chi connectivity index (χ3n) is 3.13. The van der Waals surface area contributed by atoms with E-state index in [1.54, 1.807) is 13.0 Å². The van der Waals surface area contributed by atoms with Crippen molar-refractivity contribution in [2.45, 2.75) is 65.2 Å². The van der Waals surface area contributed by atoms with Crippen molar-refractivity contribution in [2.24, 2.45) is 5.92 Å². The van der Waals surface area contributed by atoms with Crippen molar-refractivity contribution < 1.29 is 39.2 Å². The first-order chi connectivity index (χ1) is 12.2. The van der Waals surface area contributed by atoms with E-state index in [2.05, 4.69) is 6.92 Å². The van der Waals surface area contributed by atoms with Crippen LogP contribution in [-0.2, 0) is 23.9 Å². The molecule has 0 amide bonds. The lowest BCUT2D eigenvalue weighted by atomic mass is 10.0. The Labute approximate surface area is 153 Å². The minimum atomic E-state index is -1.08. The van der Waals surface area contributed by atoms with E-state index < -0.39 is 29.8 Å². The van der Waals surface area contributed by atoms with Gasteiger partial charge < -0.3 is 20.1 Å². The van der Waals surface area contributed by atoms with Crippen LogP contribution in [0.2, 0.25) is 0 Å². The van der Waals surface area contributed by atoms with E-state index in [1.165, 1.54) is 19.3 Å². The van der Waals surface area contributed by atoms with Crippen molar-refractivity contribution in [3.63, 3.8) is 0 Å². The molecule has 0 aromatic carbocycles. The molecule has 0 heterocycles. The predicted molar refractivity (Wildman–Crippen MR) is 94.8 cm³/mol. The highest BCUT2D eigenvalue weighted by Crippen LogP contribution is 2.10. The fraction of sp³-hybridized carbons (Fsp3) is 0.667. The summed E-state index contributed by atoms with van der Waals surface area (Å²) in [7, 11) is 0. The Hall–Kier alpha value is -2.38. The summed E-state index contributed by atoms with van der Waals surface area (Å²) in [5, 5.41) is 24.5. The molecule has 1 unspecified atom stereocenters. The van der Waals surface area contributed by atoms with Crippen LogP contribution < -0.4 is 0 Å². The summed E-state index contributed by atoms with van der Waals surface area (Å²) < 4.78 is 4.85. The summed E-state index contributed by atoms with van der Waals surface area (Å²) >= 11 is 0. The molecule has 8 nitrogen and oxygen atoms in total. The van der Waals surface area contributed by atoms with E-state index in [1.807, 2.05) is 6.08 Å². The number of esters is 1. The third kappa shape index (κ3) is 19.7. The third-order valence-corrected chi connectivity index (χ3v) is 3.13. The van der Waals surface area contributed by atoms with Crippen LogP contribution in [0.3, 0.4) is 0 Å². The van der Waals surface area contributed by atoms with Gasteiger partial charge in [0.1, 0.15) is 0 Å². The summed E-state index contributed by atoms with van der Waals surface area (Å²) in [5.41, 5.74) is 0. The molecule has 0 aromatic heterocycles. The number of carbonyl (C=O) groups excluding carboxylic acids is 1. The van der Waals surface area contributed by atoms with Crippen LogP contribution in [0.5, 0.6) is 0 Å². The molecule has 0 aliphatic rings. The molecule has 0 aliphatic heterocycles. The molecule has 26 heavy (non-hydrogen) atoms. The van der Waals surface area contributed by atoms with E-state index in [0.717, 1.165) is 12.8 Å². The number of rotatable bonds is 13. The van der Waals surface area contributed by atoms with Crippen LogP contribution in [0, 0.1) is 5.92 Å². The Kier molecular flexibility index (Phi) is 17.3. The number of carbonyl (C=O) groups is 4. The molecule has 0 bridgehead atoms. The normalized spacial score (nSPS) is 11.3. The standard InChI is InChI=1S/C14H24O4.C4H6O4/c1-3-5-6-7-8-9-10-12(11-13(15)16)14(17)18-4-2;5-3(6)1-2-4(7)8/h9-10,12H,3-8,11H2,1-2H3,(H,15,16);1-2H2,(H,5,6)(H,7,8). The highest BCUT2D eigenvalue weighted by molar-refractivity contribution is 5.80. The van der Waals surface area contributed by atoms with Gasteiger partial charge in [0.2, 0.25) is 0 Å². The van der Waals surface area contributed by atoms with Crippen molar-refractivity contribution in [3.8, 4) is 0 Å². The van der Waals surface area contributed by atoms with Gasteiger partial charge in [-0.2, -0.15) is 0 Å². The summed E-state index contributed by atoms with van der Waals surface area (Å²) in [6.45, 7) is 4.14. The molecule has 0 fully saturated rings. The number of unbranched alkanes of at least 4 members (excludes halogenated alkanes) is 4. The Morgan fingerprint density at radius 1 is 0.885 bits per heavy atom. The van der Waals surface area contributed by atoms with Gasteiger partial charge in [0.05, 0.1) is 31.8 Å². The molecular formula is C18H30O8. The van der Waals surface area contributed by atoms with Gasteiger partial charge in [0.15, 0.2) is 0 Å². The summed E-state index contributed by atoms with van der Waals surface area (Å²) in [5.74, 6) is -4.25. The Balaban J connectivity index is 0. The lowest BCUT2D eigenvalue weighted by molar-refractivity contribution is -0.150. The zero-order valence-electron chi connectivity index (χ0n) is 15.5. The minimum Gasteiger partial charge on any atom is -0.481 e. The lowest BCUT2D eigenvalue weighted by Crippen LogP contribution is -2.19. The molecule has 3 N–H and O–H groups in total. The van der Waals surface area contributed by atoms with Crippen molar-refractivity contribution in [1.82, 2.24) is 0 Å². The van der Waals surface area contributed by atoms with Gasteiger partial charge in [-0.15, -0.1) is 0 Å². The molecule has 150 valence electrons. The molecule has 1 atom stereocenters. The van der Waals surface area contributed by atoms with E-state index >= 15 is 0 Å². The van der Waals surface area contributed by atoms with Gasteiger partial charge in [-0.1, -0.05) is 38.3 Å². The van der Waals surface area contributed by atoms with E-state index in [9.17, 15) is 19.2 Å². The molecule has 0 saturated heterocycles. The van der Waals surface area contributed by atoms with Crippen molar-refractivity contribution in [2.75, 3.05) is 6.61 Å². The average molecular weight is 374 g/mol. The monoisotopic (exact) mass is 374 g/mol. The predicted octanol–water partition coefficient (Wildman–Crippen LogP) is 3.10. The first-order valence-corrected chi connectivity index (χ1v) is 8.73. The van der Waals surface area contributed by atoms with Crippen LogP contribution in [0.25, 0.3) is 0 Å². The topological polar surface area (TPSA) is 138 Å². The number of ether oxygens (including phenoxy) is 1. The Morgan fingerprint density at radius 3 is 1.88 bits per heavy atom. The smallest absolute Gasteiger partial charge is 0.313 e. The van der Waals surface area contributed by atoms with Crippen LogP contribution in [-0.4, -0.2) is 45.8 Å². The number of allylic oxidation sites excluding steroid dienone is 1. The zero-order valence-corrected chi connectivity index (χ0v) is 15.5. The maximum absolute atomic E-state index is 11.5. The van der Waals surface area contributed by atoms with Crippen LogP contribution in [0.4, 0.5) is 0 Å². The molecular weight excluding hydrogens is 344 g/mol. The van der Waals surface area contributed by atoms with Gasteiger partial charge in [-0.25, -0.2) is 0 Å². The number of carboxylic acid groups (broad SMARTS) is 3. The molecule has 0 saturated carbocycles. The lowest BCUT2D eigenvalue weighted by Gasteiger charge is -2.08. The molecule has 0 aromatic rings. The number of hydrogen-bond acceptors (Lipinski definition) is 5. The Morgan fingerprint density at radius 2 is 1.46 bits per heavy atom. The molecule has 0 radical (unpaired) electrons. The molecule has 0 spiro atoms. The number of aliphatic carboxylic acids is 3. The zero-order chi connectivity index (χ0) is 20.4. The number of carboxylic acids is 3. The van der Waals surface area contributed by atoms with Gasteiger partial charge in [0, 0.05) is 0 Å². The van der Waals surface area contributed by atoms with Crippen molar-refractivity contribution >= 4 is 23.9 Å². The molecule has 0 rings (SSSR count). The Bertz CT molecular complexity index is 442. The SMILES string of the molecule is CCCCCCC=CC(CC(=O)O)C(=O)OCC.O=C(O)CCC(=O)O. The van der Waals surface area contributed by atoms with Crippen LogP contribution in [0.15, 0.2) is 12.2 Å². The quantitative estimate of drug-likeness (QED) is 0.254. The van der Waals surface area contributed by atoms with E-state index in [0.29, 0.717) is 0 Å². The average Bonchev–Trinajstić information content (AvgIpc) is 2.55. The largest absolute Gasteiger partial charge is 0.481 e. The summed E-state index contributed by atoms with van der Waals surface area (Å²) in [6, 6.07) is 0. The van der Waals surface area contributed by atoms with Crippen LogP contribution >= 0.6 is 0 Å². The van der Waals surface area contributed by atoms with Gasteiger partial charge in [-0.3, -0.25) is 19.2 Å². The second-order valence-electron chi connectivity index (χ2n) is 5.52. The fourth-order valence-electron chi connectivity index (χ4n) is 1.83. The second kappa shape index (κ2) is 17.4. The van der Waals surface area contributed by atoms with Crippen molar-refractivity contribution in [1.29, 1.82) is 0 Å². The maximum Gasteiger partial charge on any atom is 0.313 e. The summed E-state index contributed by atoms with van der Waals surface area (Å²) in [4.78, 5) is 41.4. The second-order valence-corrected chi connectivity index (χ2v) is 5.52. The first kappa shape index (κ1) is 25.9. The highest BCUT2D eigenvalue weighted by Gasteiger charge is 2.19. The number of hydrogen-bond donors (Lipinski definition) is 3. The first-order valence-electron chi connectivity index (χ1n) is 8.73. The van der Waals surface area contributed by atoms with Gasteiger partial charge >= 0.3 is 23.9 Å². The fourth-order valence-corrected chi connectivity index (χ4v) is 1.83. The minimum absolute atomic E-state index is 0.204. The van der Waals surface area contributed by atoms with Crippen molar-refractivity contribution in [3.05, 3.63) is 12.2 Å².